The zero-order valence-corrected chi connectivity index (χ0v) is 10.9. The second-order valence-corrected chi connectivity index (χ2v) is 4.09. The van der Waals surface area contributed by atoms with Gasteiger partial charge in [-0.05, 0) is 18.1 Å². The van der Waals surface area contributed by atoms with Crippen LogP contribution in [0.15, 0.2) is 30.6 Å². The van der Waals surface area contributed by atoms with Crippen molar-refractivity contribution in [1.82, 2.24) is 9.97 Å². The van der Waals surface area contributed by atoms with Gasteiger partial charge in [-0.25, -0.2) is 9.97 Å². The van der Waals surface area contributed by atoms with Gasteiger partial charge >= 0.3 is 11.7 Å². The molecule has 0 radical (unpaired) electrons. The molecular weight excluding hydrogens is 260 g/mol. The number of benzene rings is 1. The fourth-order valence-electron chi connectivity index (χ4n) is 1.61. The summed E-state index contributed by atoms with van der Waals surface area (Å²) in [5.74, 6) is 0.118. The minimum absolute atomic E-state index is 0.0505. The van der Waals surface area contributed by atoms with Crippen LogP contribution in [0.2, 0.25) is 0 Å². The summed E-state index contributed by atoms with van der Waals surface area (Å²) in [5.41, 5.74) is 6.96. The monoisotopic (exact) mass is 274 g/mol. The molecule has 0 amide bonds. The highest BCUT2D eigenvalue weighted by Gasteiger charge is 2.17. The van der Waals surface area contributed by atoms with Crippen LogP contribution in [-0.4, -0.2) is 14.9 Å². The van der Waals surface area contributed by atoms with Crippen molar-refractivity contribution in [2.24, 2.45) is 5.73 Å². The van der Waals surface area contributed by atoms with Gasteiger partial charge in [0.25, 0.3) is 0 Å². The number of hydrogen-bond donors (Lipinski definition) is 1. The van der Waals surface area contributed by atoms with Gasteiger partial charge in [0.15, 0.2) is 0 Å². The van der Waals surface area contributed by atoms with Crippen molar-refractivity contribution in [3.05, 3.63) is 51.8 Å². The highest BCUT2D eigenvalue weighted by Crippen LogP contribution is 2.30. The highest BCUT2D eigenvalue weighted by atomic mass is 16.6. The van der Waals surface area contributed by atoms with Crippen molar-refractivity contribution in [2.45, 2.75) is 19.9 Å². The lowest BCUT2D eigenvalue weighted by atomic mass is 10.1. The van der Waals surface area contributed by atoms with Crippen molar-refractivity contribution < 1.29 is 9.66 Å². The third kappa shape index (κ3) is 3.07. The second-order valence-electron chi connectivity index (χ2n) is 4.09. The maximum atomic E-state index is 11.0. The first-order valence-corrected chi connectivity index (χ1v) is 6.10. The number of rotatable bonds is 5. The fourth-order valence-corrected chi connectivity index (χ4v) is 1.61. The predicted octanol–water partition coefficient (Wildman–Crippen LogP) is 2.20. The van der Waals surface area contributed by atoms with Crippen LogP contribution >= 0.6 is 0 Å². The summed E-state index contributed by atoms with van der Waals surface area (Å²) in [6, 6.07) is 4.87. The Morgan fingerprint density at radius 3 is 2.55 bits per heavy atom. The van der Waals surface area contributed by atoms with E-state index in [1.807, 2.05) is 6.92 Å². The first-order chi connectivity index (χ1) is 9.63. The van der Waals surface area contributed by atoms with Gasteiger partial charge in [0.2, 0.25) is 5.75 Å². The molecule has 0 spiro atoms. The van der Waals surface area contributed by atoms with Crippen LogP contribution in [-0.2, 0) is 13.0 Å². The number of aryl methyl sites for hydroxylation is 1. The van der Waals surface area contributed by atoms with Gasteiger partial charge in [-0.2, -0.15) is 0 Å². The molecule has 0 aliphatic carbocycles. The summed E-state index contributed by atoms with van der Waals surface area (Å²) in [5, 5.41) is 11.0. The van der Waals surface area contributed by atoms with Gasteiger partial charge in [0, 0.05) is 30.6 Å². The molecule has 0 bridgehead atoms. The Balaban J connectivity index is 2.29. The minimum Gasteiger partial charge on any atom is -0.417 e. The van der Waals surface area contributed by atoms with Crippen LogP contribution in [0.4, 0.5) is 5.69 Å². The molecule has 1 aromatic heterocycles. The van der Waals surface area contributed by atoms with Gasteiger partial charge < -0.3 is 10.5 Å². The number of ether oxygens (including phenoxy) is 1. The fraction of sp³-hybridized carbons (Fsp3) is 0.231. The first kappa shape index (κ1) is 13.9. The number of nitrogens with two attached hydrogens (primary N) is 1. The molecule has 2 rings (SSSR count). The zero-order valence-electron chi connectivity index (χ0n) is 10.9. The van der Waals surface area contributed by atoms with Gasteiger partial charge in [0.05, 0.1) is 4.92 Å². The second kappa shape index (κ2) is 6.07. The van der Waals surface area contributed by atoms with Crippen molar-refractivity contribution in [3.8, 4) is 11.8 Å². The predicted molar refractivity (Wildman–Crippen MR) is 72.5 cm³/mol. The SMILES string of the molecule is CCc1ccc(Oc2ncc(CN)cn2)c([N+](=O)[O-])c1. The van der Waals surface area contributed by atoms with E-state index in [9.17, 15) is 10.1 Å². The van der Waals surface area contributed by atoms with E-state index < -0.39 is 4.92 Å². The van der Waals surface area contributed by atoms with Crippen LogP contribution in [0, 0.1) is 10.1 Å². The Hall–Kier alpha value is -2.54. The standard InChI is InChI=1S/C13H14N4O3/c1-2-9-3-4-12(11(5-9)17(18)19)20-13-15-7-10(6-14)8-16-13/h3-5,7-8H,2,6,14H2,1H3. The van der Waals surface area contributed by atoms with E-state index in [4.69, 9.17) is 10.5 Å². The smallest absolute Gasteiger partial charge is 0.322 e. The molecule has 1 heterocycles. The van der Waals surface area contributed by atoms with E-state index >= 15 is 0 Å². The third-order valence-electron chi connectivity index (χ3n) is 2.75. The molecule has 1 aromatic carbocycles. The van der Waals surface area contributed by atoms with Crippen LogP contribution in [0.5, 0.6) is 11.8 Å². The van der Waals surface area contributed by atoms with Gasteiger partial charge in [-0.3, -0.25) is 10.1 Å². The molecule has 7 nitrogen and oxygen atoms in total. The normalized spacial score (nSPS) is 10.3. The summed E-state index contributed by atoms with van der Waals surface area (Å²) >= 11 is 0. The summed E-state index contributed by atoms with van der Waals surface area (Å²) in [7, 11) is 0. The van der Waals surface area contributed by atoms with Crippen LogP contribution in [0.3, 0.4) is 0 Å². The van der Waals surface area contributed by atoms with Gasteiger partial charge in [-0.15, -0.1) is 0 Å². The van der Waals surface area contributed by atoms with Crippen LogP contribution in [0.1, 0.15) is 18.1 Å². The lowest BCUT2D eigenvalue weighted by Crippen LogP contribution is -2.00. The van der Waals surface area contributed by atoms with Crippen LogP contribution in [0.25, 0.3) is 0 Å². The maximum absolute atomic E-state index is 11.0. The Morgan fingerprint density at radius 2 is 2.00 bits per heavy atom. The summed E-state index contributed by atoms with van der Waals surface area (Å²) in [6.45, 7) is 2.25. The number of aromatic nitrogens is 2. The molecule has 0 atom stereocenters. The minimum atomic E-state index is -0.483. The third-order valence-corrected chi connectivity index (χ3v) is 2.75. The quantitative estimate of drug-likeness (QED) is 0.662. The van der Waals surface area contributed by atoms with Crippen molar-refractivity contribution >= 4 is 5.69 Å². The molecule has 20 heavy (non-hydrogen) atoms. The Kier molecular flexibility index (Phi) is 4.21. The lowest BCUT2D eigenvalue weighted by Gasteiger charge is -2.06. The molecule has 0 fully saturated rings. The molecule has 104 valence electrons. The summed E-state index contributed by atoms with van der Waals surface area (Å²) < 4.78 is 5.37. The Morgan fingerprint density at radius 1 is 1.30 bits per heavy atom. The Bertz CT molecular complexity index is 614. The molecule has 7 heteroatoms. The van der Waals surface area contributed by atoms with Crippen molar-refractivity contribution in [1.29, 1.82) is 0 Å². The molecule has 0 aliphatic rings. The van der Waals surface area contributed by atoms with Crippen molar-refractivity contribution in [2.75, 3.05) is 0 Å². The van der Waals surface area contributed by atoms with Crippen LogP contribution < -0.4 is 10.5 Å². The highest BCUT2D eigenvalue weighted by molar-refractivity contribution is 5.49. The van der Waals surface area contributed by atoms with E-state index in [1.54, 1.807) is 12.1 Å². The number of nitro groups is 1. The summed E-state index contributed by atoms with van der Waals surface area (Å²) in [4.78, 5) is 18.5. The molecule has 2 N–H and O–H groups in total. The number of nitrogens with zero attached hydrogens (tertiary/aromatic N) is 3. The Labute approximate surface area is 115 Å². The molecular formula is C13H14N4O3. The van der Waals surface area contributed by atoms with Gasteiger partial charge in [-0.1, -0.05) is 13.0 Å². The average Bonchev–Trinajstić information content (AvgIpc) is 2.48. The van der Waals surface area contributed by atoms with E-state index in [2.05, 4.69) is 9.97 Å². The molecule has 0 saturated heterocycles. The zero-order chi connectivity index (χ0) is 14.5. The number of nitro benzene ring substituents is 1. The number of hydrogen-bond acceptors (Lipinski definition) is 6. The van der Waals surface area contributed by atoms with E-state index in [0.717, 1.165) is 11.1 Å². The molecule has 0 unspecified atom stereocenters. The molecule has 0 aliphatic heterocycles. The van der Waals surface area contributed by atoms with E-state index in [0.29, 0.717) is 13.0 Å². The molecule has 0 saturated carbocycles. The maximum Gasteiger partial charge on any atom is 0.322 e. The lowest BCUT2D eigenvalue weighted by molar-refractivity contribution is -0.385. The average molecular weight is 274 g/mol. The van der Waals surface area contributed by atoms with E-state index in [-0.39, 0.29) is 17.4 Å². The largest absolute Gasteiger partial charge is 0.417 e. The summed E-state index contributed by atoms with van der Waals surface area (Å²) in [6.07, 6.45) is 3.76. The van der Waals surface area contributed by atoms with Gasteiger partial charge in [0.1, 0.15) is 0 Å². The first-order valence-electron chi connectivity index (χ1n) is 6.10. The van der Waals surface area contributed by atoms with E-state index in [1.165, 1.54) is 18.5 Å². The topological polar surface area (TPSA) is 104 Å². The van der Waals surface area contributed by atoms with Crippen molar-refractivity contribution in [3.63, 3.8) is 0 Å². The molecule has 2 aromatic rings.